The first kappa shape index (κ1) is 26.0. The van der Waals surface area contributed by atoms with E-state index in [0.29, 0.717) is 29.1 Å². The van der Waals surface area contributed by atoms with Crippen LogP contribution in [0.4, 0.5) is 11.4 Å². The van der Waals surface area contributed by atoms with Crippen molar-refractivity contribution in [3.05, 3.63) is 113 Å². The molecular weight excluding hydrogens is 456 g/mol. The van der Waals surface area contributed by atoms with Crippen LogP contribution in [0.2, 0.25) is 0 Å². The van der Waals surface area contributed by atoms with Gasteiger partial charge in [0.05, 0.1) is 5.56 Å². The van der Waals surface area contributed by atoms with Gasteiger partial charge in [0, 0.05) is 11.4 Å². The third kappa shape index (κ3) is 7.71. The van der Waals surface area contributed by atoms with Gasteiger partial charge in [0.15, 0.2) is 0 Å². The van der Waals surface area contributed by atoms with E-state index in [9.17, 15) is 4.79 Å². The van der Waals surface area contributed by atoms with Gasteiger partial charge in [0.2, 0.25) is 0 Å². The lowest BCUT2D eigenvalue weighted by Gasteiger charge is -2.08. The number of carbonyl (C=O) groups excluding carboxylic acids is 1. The second kappa shape index (κ2) is 12.8. The summed E-state index contributed by atoms with van der Waals surface area (Å²) >= 11 is 0. The average Bonchev–Trinajstić information content (AvgIpc) is 2.89. The summed E-state index contributed by atoms with van der Waals surface area (Å²) in [5, 5.41) is 0. The predicted octanol–water partition coefficient (Wildman–Crippen LogP) is 7.84. The fourth-order valence-corrected chi connectivity index (χ4v) is 4.52. The summed E-state index contributed by atoms with van der Waals surface area (Å²) in [4.78, 5) is 12.7. The highest BCUT2D eigenvalue weighted by atomic mass is 16.5. The Morgan fingerprint density at radius 1 is 0.649 bits per heavy atom. The molecule has 4 rings (SSSR count). The number of nitrogen functional groups attached to an aromatic ring is 2. The molecule has 0 saturated heterocycles. The number of benzene rings is 4. The number of esters is 1. The maximum atomic E-state index is 12.7. The number of ether oxygens (including phenoxy) is 1. The molecule has 0 aliphatic rings. The highest BCUT2D eigenvalue weighted by Gasteiger charge is 2.10. The molecule has 0 heterocycles. The van der Waals surface area contributed by atoms with Crippen molar-refractivity contribution >= 4 is 17.3 Å². The van der Waals surface area contributed by atoms with Crippen LogP contribution < -0.4 is 16.2 Å². The van der Waals surface area contributed by atoms with Gasteiger partial charge in [-0.05, 0) is 89.5 Å². The van der Waals surface area contributed by atoms with E-state index in [0.717, 1.165) is 28.7 Å². The molecule has 0 bridgehead atoms. The van der Waals surface area contributed by atoms with E-state index in [1.807, 2.05) is 48.5 Å². The summed E-state index contributed by atoms with van der Waals surface area (Å²) in [5.41, 5.74) is 19.3. The minimum atomic E-state index is -0.379. The van der Waals surface area contributed by atoms with Crippen molar-refractivity contribution in [2.75, 3.05) is 11.5 Å². The first-order valence-corrected chi connectivity index (χ1v) is 13.2. The second-order valence-electron chi connectivity index (χ2n) is 9.66. The second-order valence-corrected chi connectivity index (χ2v) is 9.66. The summed E-state index contributed by atoms with van der Waals surface area (Å²) in [5.74, 6) is 0.146. The van der Waals surface area contributed by atoms with Crippen molar-refractivity contribution in [3.63, 3.8) is 0 Å². The topological polar surface area (TPSA) is 78.3 Å². The minimum absolute atomic E-state index is 0.379. The third-order valence-corrected chi connectivity index (χ3v) is 6.56. The molecule has 0 unspecified atom stereocenters. The average molecular weight is 493 g/mol. The Labute approximate surface area is 220 Å². The number of rotatable bonds is 11. The summed E-state index contributed by atoms with van der Waals surface area (Å²) in [6, 6.07) is 29.4. The van der Waals surface area contributed by atoms with Crippen LogP contribution in [0.1, 0.15) is 66.1 Å². The third-order valence-electron chi connectivity index (χ3n) is 6.56. The lowest BCUT2D eigenvalue weighted by atomic mass is 10.0. The molecule has 0 amide bonds. The molecule has 4 aromatic rings. The van der Waals surface area contributed by atoms with Gasteiger partial charge in [-0.2, -0.15) is 0 Å². The van der Waals surface area contributed by atoms with Gasteiger partial charge < -0.3 is 16.2 Å². The number of carbonyl (C=O) groups is 1. The van der Waals surface area contributed by atoms with Crippen molar-refractivity contribution in [3.8, 4) is 16.9 Å². The summed E-state index contributed by atoms with van der Waals surface area (Å²) in [7, 11) is 0. The zero-order valence-corrected chi connectivity index (χ0v) is 21.6. The smallest absolute Gasteiger partial charge is 0.343 e. The zero-order valence-electron chi connectivity index (χ0n) is 21.6. The largest absolute Gasteiger partial charge is 0.423 e. The van der Waals surface area contributed by atoms with Crippen LogP contribution in [0.15, 0.2) is 91.0 Å². The van der Waals surface area contributed by atoms with E-state index in [1.54, 1.807) is 18.2 Å². The Hall–Kier alpha value is -4.05. The quantitative estimate of drug-likeness (QED) is 0.0967. The van der Waals surface area contributed by atoms with Crippen molar-refractivity contribution in [1.82, 2.24) is 0 Å². The van der Waals surface area contributed by atoms with E-state index in [-0.39, 0.29) is 5.97 Å². The Kier molecular flexibility index (Phi) is 8.98. The fourth-order valence-electron chi connectivity index (χ4n) is 4.52. The van der Waals surface area contributed by atoms with Crippen LogP contribution in [-0.2, 0) is 12.8 Å². The molecule has 4 N–H and O–H groups in total. The van der Waals surface area contributed by atoms with Crippen molar-refractivity contribution in [1.29, 1.82) is 0 Å². The first-order chi connectivity index (χ1) is 18.0. The molecule has 4 nitrogen and oxygen atoms in total. The maximum absolute atomic E-state index is 12.7. The lowest BCUT2D eigenvalue weighted by Crippen LogP contribution is -2.08. The summed E-state index contributed by atoms with van der Waals surface area (Å²) in [6.07, 6.45) is 8.32. The zero-order chi connectivity index (χ0) is 26.0. The van der Waals surface area contributed by atoms with Crippen molar-refractivity contribution in [2.24, 2.45) is 0 Å². The number of nitrogens with two attached hydrogens (primary N) is 2. The van der Waals surface area contributed by atoms with Gasteiger partial charge in [-0.3, -0.25) is 0 Å². The highest BCUT2D eigenvalue weighted by molar-refractivity contribution is 5.91. The molecule has 0 spiro atoms. The number of anilines is 2. The van der Waals surface area contributed by atoms with E-state index in [2.05, 4.69) is 31.2 Å². The molecule has 190 valence electrons. The molecule has 0 atom stereocenters. The molecule has 0 saturated carbocycles. The normalized spacial score (nSPS) is 10.8. The molecule has 0 aliphatic carbocycles. The van der Waals surface area contributed by atoms with Crippen molar-refractivity contribution in [2.45, 2.75) is 51.9 Å². The van der Waals surface area contributed by atoms with Gasteiger partial charge in [0.1, 0.15) is 5.75 Å². The standard InChI is InChI=1S/C33H36N2O2/c1-2-3-4-5-6-7-24-8-12-27(13-9-24)28-16-18-32(19-17-28)37-33(36)29-14-10-25(11-15-29)20-26-21-30(34)23-31(35)22-26/h8-19,21-23H,2-7,20,34-35H2,1H3. The molecule has 0 fully saturated rings. The SMILES string of the molecule is CCCCCCCc1ccc(-c2ccc(OC(=O)c3ccc(Cc4cc(N)cc(N)c4)cc3)cc2)cc1. The Balaban J connectivity index is 1.30. The van der Waals surface area contributed by atoms with Crippen LogP contribution in [0.3, 0.4) is 0 Å². The van der Waals surface area contributed by atoms with E-state index < -0.39 is 0 Å². The van der Waals surface area contributed by atoms with Gasteiger partial charge >= 0.3 is 5.97 Å². The first-order valence-electron chi connectivity index (χ1n) is 13.2. The van der Waals surface area contributed by atoms with E-state index >= 15 is 0 Å². The monoisotopic (exact) mass is 492 g/mol. The summed E-state index contributed by atoms with van der Waals surface area (Å²) < 4.78 is 5.60. The molecule has 4 heteroatoms. The van der Waals surface area contributed by atoms with Crippen LogP contribution in [0.25, 0.3) is 11.1 Å². The van der Waals surface area contributed by atoms with E-state index in [1.165, 1.54) is 37.7 Å². The number of hydrogen-bond acceptors (Lipinski definition) is 4. The molecule has 4 aromatic carbocycles. The van der Waals surface area contributed by atoms with Gasteiger partial charge in [-0.15, -0.1) is 0 Å². The van der Waals surface area contributed by atoms with E-state index in [4.69, 9.17) is 16.2 Å². The van der Waals surface area contributed by atoms with Crippen LogP contribution in [0, 0.1) is 0 Å². The highest BCUT2D eigenvalue weighted by Crippen LogP contribution is 2.24. The molecule has 0 radical (unpaired) electrons. The Morgan fingerprint density at radius 2 is 1.22 bits per heavy atom. The minimum Gasteiger partial charge on any atom is -0.423 e. The molecule has 0 aliphatic heterocycles. The Morgan fingerprint density at radius 3 is 1.84 bits per heavy atom. The fraction of sp³-hybridized carbons (Fsp3) is 0.242. The van der Waals surface area contributed by atoms with Crippen LogP contribution >= 0.6 is 0 Å². The number of unbranched alkanes of at least 4 members (excludes halogenated alkanes) is 4. The lowest BCUT2D eigenvalue weighted by molar-refractivity contribution is 0.0735. The molecule has 37 heavy (non-hydrogen) atoms. The molecular formula is C33H36N2O2. The maximum Gasteiger partial charge on any atom is 0.343 e. The van der Waals surface area contributed by atoms with Gasteiger partial charge in [-0.1, -0.05) is 81.1 Å². The number of hydrogen-bond donors (Lipinski definition) is 2. The summed E-state index contributed by atoms with van der Waals surface area (Å²) in [6.45, 7) is 2.25. The van der Waals surface area contributed by atoms with Crippen molar-refractivity contribution < 1.29 is 9.53 Å². The van der Waals surface area contributed by atoms with Gasteiger partial charge in [-0.25, -0.2) is 4.79 Å². The van der Waals surface area contributed by atoms with Crippen LogP contribution in [-0.4, -0.2) is 5.97 Å². The predicted molar refractivity (Wildman–Crippen MR) is 154 cm³/mol. The number of aryl methyl sites for hydroxylation is 1. The Bertz CT molecular complexity index is 1270. The van der Waals surface area contributed by atoms with Gasteiger partial charge in [0.25, 0.3) is 0 Å². The van der Waals surface area contributed by atoms with Crippen LogP contribution in [0.5, 0.6) is 5.75 Å². The molecule has 0 aromatic heterocycles.